The molecule has 1 rings (SSSR count). The van der Waals surface area contributed by atoms with E-state index < -0.39 is 0 Å². The lowest BCUT2D eigenvalue weighted by Gasteiger charge is -2.06. The summed E-state index contributed by atoms with van der Waals surface area (Å²) in [7, 11) is 0. The van der Waals surface area contributed by atoms with Crippen molar-refractivity contribution in [2.45, 2.75) is 32.7 Å². The third-order valence-electron chi connectivity index (χ3n) is 2.03. The molecule has 3 nitrogen and oxygen atoms in total. The Labute approximate surface area is 96.4 Å². The number of ether oxygens (including phenoxy) is 1. The second-order valence-electron chi connectivity index (χ2n) is 4.12. The van der Waals surface area contributed by atoms with E-state index in [4.69, 9.17) is 16.3 Å². The van der Waals surface area contributed by atoms with Crippen molar-refractivity contribution in [3.05, 3.63) is 18.0 Å². The Hall–Kier alpha value is -0.540. The quantitative estimate of drug-likeness (QED) is 0.555. The molecule has 1 aromatic heterocycles. The van der Waals surface area contributed by atoms with Crippen LogP contribution in [0.25, 0.3) is 0 Å². The Kier molecular flexibility index (Phi) is 5.12. The average molecular weight is 231 g/mol. The Morgan fingerprint density at radius 3 is 2.73 bits per heavy atom. The highest BCUT2D eigenvalue weighted by Gasteiger charge is 2.04. The van der Waals surface area contributed by atoms with E-state index in [9.17, 15) is 0 Å². The fraction of sp³-hybridized carbons (Fsp3) is 0.727. The lowest BCUT2D eigenvalue weighted by Crippen LogP contribution is -2.09. The Morgan fingerprint density at radius 2 is 2.20 bits per heavy atom. The monoisotopic (exact) mass is 230 g/mol. The summed E-state index contributed by atoms with van der Waals surface area (Å²) >= 11 is 5.93. The van der Waals surface area contributed by atoms with Gasteiger partial charge in [0.15, 0.2) is 0 Å². The van der Waals surface area contributed by atoms with Gasteiger partial charge in [-0.2, -0.15) is 5.10 Å². The Balaban J connectivity index is 2.26. The van der Waals surface area contributed by atoms with Crippen molar-refractivity contribution in [3.63, 3.8) is 0 Å². The van der Waals surface area contributed by atoms with Gasteiger partial charge in [-0.1, -0.05) is 13.8 Å². The van der Waals surface area contributed by atoms with Crippen molar-refractivity contribution in [3.8, 4) is 0 Å². The normalized spacial score (nSPS) is 13.4. The van der Waals surface area contributed by atoms with E-state index in [0.717, 1.165) is 18.7 Å². The largest absolute Gasteiger partial charge is 0.379 e. The second kappa shape index (κ2) is 6.13. The summed E-state index contributed by atoms with van der Waals surface area (Å²) in [6, 6.07) is 0. The Morgan fingerprint density at radius 1 is 1.47 bits per heavy atom. The van der Waals surface area contributed by atoms with Gasteiger partial charge in [0.2, 0.25) is 0 Å². The lowest BCUT2D eigenvalue weighted by molar-refractivity contribution is 0.101. The molecule has 0 spiro atoms. The van der Waals surface area contributed by atoms with Gasteiger partial charge >= 0.3 is 0 Å². The number of rotatable bonds is 6. The molecular weight excluding hydrogens is 212 g/mol. The topological polar surface area (TPSA) is 27.1 Å². The first-order valence-corrected chi connectivity index (χ1v) is 5.77. The predicted octanol–water partition coefficient (Wildman–Crippen LogP) is 2.86. The summed E-state index contributed by atoms with van der Waals surface area (Å²) in [5.74, 6) is 0.584. The van der Waals surface area contributed by atoms with Crippen LogP contribution in [0.4, 0.5) is 0 Å². The summed E-state index contributed by atoms with van der Waals surface area (Å²) in [6.45, 7) is 8.52. The second-order valence-corrected chi connectivity index (χ2v) is 4.78. The van der Waals surface area contributed by atoms with Crippen LogP contribution in [0.2, 0.25) is 0 Å². The molecule has 0 aliphatic carbocycles. The standard InChI is InChI=1S/C11H19ClN2O/c1-9(2)8-15-5-4-14-7-11(6-13-14)10(3)12/h6-7,9-10H,4-5,8H2,1-3H3. The van der Waals surface area contributed by atoms with Gasteiger partial charge in [0.05, 0.1) is 24.7 Å². The van der Waals surface area contributed by atoms with Crippen LogP contribution in [0.3, 0.4) is 0 Å². The molecule has 0 aromatic carbocycles. The van der Waals surface area contributed by atoms with E-state index >= 15 is 0 Å². The first kappa shape index (κ1) is 12.5. The number of halogens is 1. The average Bonchev–Trinajstić information content (AvgIpc) is 2.60. The number of hydrogen-bond donors (Lipinski definition) is 0. The molecule has 0 saturated carbocycles. The third-order valence-corrected chi connectivity index (χ3v) is 2.28. The molecule has 1 atom stereocenters. The molecule has 0 amide bonds. The van der Waals surface area contributed by atoms with Gasteiger partial charge in [-0.25, -0.2) is 0 Å². The molecule has 1 heterocycles. The molecule has 0 saturated heterocycles. The molecule has 0 N–H and O–H groups in total. The number of alkyl halides is 1. The molecule has 15 heavy (non-hydrogen) atoms. The van der Waals surface area contributed by atoms with Crippen molar-refractivity contribution in [1.82, 2.24) is 9.78 Å². The van der Waals surface area contributed by atoms with E-state index in [1.54, 1.807) is 6.20 Å². The summed E-state index contributed by atoms with van der Waals surface area (Å²) in [5.41, 5.74) is 1.06. The summed E-state index contributed by atoms with van der Waals surface area (Å²) in [6.07, 6.45) is 3.77. The van der Waals surface area contributed by atoms with Gasteiger partial charge < -0.3 is 4.74 Å². The molecule has 86 valence electrons. The summed E-state index contributed by atoms with van der Waals surface area (Å²) < 4.78 is 7.34. The van der Waals surface area contributed by atoms with Crippen LogP contribution in [0.5, 0.6) is 0 Å². The zero-order chi connectivity index (χ0) is 11.3. The SMILES string of the molecule is CC(C)COCCn1cc(C(C)Cl)cn1. The van der Waals surface area contributed by atoms with Crippen LogP contribution in [0, 0.1) is 5.92 Å². The molecule has 1 aromatic rings. The fourth-order valence-electron chi connectivity index (χ4n) is 1.18. The fourth-order valence-corrected chi connectivity index (χ4v) is 1.30. The maximum absolute atomic E-state index is 5.93. The number of aromatic nitrogens is 2. The van der Waals surface area contributed by atoms with Crippen LogP contribution in [0.1, 0.15) is 31.7 Å². The molecule has 4 heteroatoms. The predicted molar refractivity (Wildman–Crippen MR) is 62.2 cm³/mol. The van der Waals surface area contributed by atoms with Gasteiger partial charge in [-0.15, -0.1) is 11.6 Å². The van der Waals surface area contributed by atoms with Gasteiger partial charge in [0.1, 0.15) is 0 Å². The molecule has 0 aliphatic heterocycles. The van der Waals surface area contributed by atoms with Crippen LogP contribution in [-0.4, -0.2) is 23.0 Å². The van der Waals surface area contributed by atoms with Gasteiger partial charge in [-0.3, -0.25) is 4.68 Å². The summed E-state index contributed by atoms with van der Waals surface area (Å²) in [5, 5.41) is 4.23. The highest BCUT2D eigenvalue weighted by atomic mass is 35.5. The van der Waals surface area contributed by atoms with Gasteiger partial charge in [0.25, 0.3) is 0 Å². The first-order chi connectivity index (χ1) is 7.09. The first-order valence-electron chi connectivity index (χ1n) is 5.33. The third kappa shape index (κ3) is 4.67. The van der Waals surface area contributed by atoms with Crippen molar-refractivity contribution in [1.29, 1.82) is 0 Å². The van der Waals surface area contributed by atoms with E-state index in [-0.39, 0.29) is 5.38 Å². The molecule has 0 radical (unpaired) electrons. The highest BCUT2D eigenvalue weighted by Crippen LogP contribution is 2.17. The minimum absolute atomic E-state index is 0.0235. The van der Waals surface area contributed by atoms with E-state index in [1.165, 1.54) is 0 Å². The van der Waals surface area contributed by atoms with Crippen LogP contribution >= 0.6 is 11.6 Å². The molecular formula is C11H19ClN2O. The molecule has 0 bridgehead atoms. The van der Waals surface area contributed by atoms with Gasteiger partial charge in [-0.05, 0) is 12.8 Å². The van der Waals surface area contributed by atoms with Crippen molar-refractivity contribution in [2.75, 3.05) is 13.2 Å². The Bertz CT molecular complexity index is 284. The zero-order valence-corrected chi connectivity index (χ0v) is 10.4. The van der Waals surface area contributed by atoms with Gasteiger partial charge in [0, 0.05) is 18.4 Å². The molecule has 0 aliphatic rings. The molecule has 0 fully saturated rings. The number of hydrogen-bond acceptors (Lipinski definition) is 2. The van der Waals surface area contributed by atoms with Crippen molar-refractivity contribution < 1.29 is 4.74 Å². The van der Waals surface area contributed by atoms with E-state index in [0.29, 0.717) is 12.5 Å². The van der Waals surface area contributed by atoms with Crippen LogP contribution < -0.4 is 0 Å². The van der Waals surface area contributed by atoms with Crippen LogP contribution in [-0.2, 0) is 11.3 Å². The number of nitrogens with zero attached hydrogens (tertiary/aromatic N) is 2. The smallest absolute Gasteiger partial charge is 0.0662 e. The van der Waals surface area contributed by atoms with E-state index in [2.05, 4.69) is 18.9 Å². The zero-order valence-electron chi connectivity index (χ0n) is 9.61. The summed E-state index contributed by atoms with van der Waals surface area (Å²) in [4.78, 5) is 0. The van der Waals surface area contributed by atoms with Crippen LogP contribution in [0.15, 0.2) is 12.4 Å². The molecule has 1 unspecified atom stereocenters. The lowest BCUT2D eigenvalue weighted by atomic mass is 10.2. The van der Waals surface area contributed by atoms with Crippen molar-refractivity contribution in [2.24, 2.45) is 5.92 Å². The van der Waals surface area contributed by atoms with Crippen molar-refractivity contribution >= 4 is 11.6 Å². The van der Waals surface area contributed by atoms with E-state index in [1.807, 2.05) is 17.8 Å². The maximum atomic E-state index is 5.93. The minimum Gasteiger partial charge on any atom is -0.379 e. The highest BCUT2D eigenvalue weighted by molar-refractivity contribution is 6.20. The maximum Gasteiger partial charge on any atom is 0.0662 e. The minimum atomic E-state index is 0.0235.